The summed E-state index contributed by atoms with van der Waals surface area (Å²) >= 11 is 0. The van der Waals surface area contributed by atoms with Gasteiger partial charge in [0, 0.05) is 18.6 Å². The van der Waals surface area contributed by atoms with E-state index in [2.05, 4.69) is 36.7 Å². The third-order valence-electron chi connectivity index (χ3n) is 2.62. The molecular weight excluding hydrogens is 210 g/mol. The number of hydrogen-bond acceptors (Lipinski definition) is 2. The molecule has 0 aromatic carbocycles. The molecule has 0 aliphatic heterocycles. The van der Waals surface area contributed by atoms with Crippen LogP contribution in [-0.2, 0) is 9.73 Å². The van der Waals surface area contributed by atoms with Gasteiger partial charge in [-0.1, -0.05) is 20.8 Å². The van der Waals surface area contributed by atoms with Gasteiger partial charge >= 0.3 is 0 Å². The van der Waals surface area contributed by atoms with Gasteiger partial charge in [-0.25, -0.2) is 4.21 Å². The first kappa shape index (κ1) is 13.7. The van der Waals surface area contributed by atoms with Gasteiger partial charge in [0.1, 0.15) is 8.07 Å². The van der Waals surface area contributed by atoms with Gasteiger partial charge in [0.25, 0.3) is 0 Å². The normalized spacial score (nSPS) is 11.8. The van der Waals surface area contributed by atoms with Gasteiger partial charge in [-0.2, -0.15) is 0 Å². The van der Waals surface area contributed by atoms with Crippen molar-refractivity contribution in [3.63, 3.8) is 0 Å². The van der Waals surface area contributed by atoms with E-state index in [1.165, 1.54) is 0 Å². The summed E-state index contributed by atoms with van der Waals surface area (Å²) in [6.45, 7) is 6.59. The van der Waals surface area contributed by atoms with Crippen LogP contribution in [0.4, 0.5) is 0 Å². The van der Waals surface area contributed by atoms with Gasteiger partial charge in [-0.05, 0) is 18.1 Å². The lowest BCUT2D eigenvalue weighted by atomic mass is 10.9. The molecule has 0 unspecified atom stereocenters. The summed E-state index contributed by atoms with van der Waals surface area (Å²) in [5.74, 6) is 0. The summed E-state index contributed by atoms with van der Waals surface area (Å²) in [4.78, 5) is 0. The third-order valence-corrected chi connectivity index (χ3v) is 7.85. The first-order chi connectivity index (χ1) is 6.39. The van der Waals surface area contributed by atoms with E-state index in [0.29, 0.717) is 0 Å². The largest absolute Gasteiger partial charge is 0.249 e. The topological polar surface area (TPSA) is 29.4 Å². The number of nitrogens with zero attached hydrogens (tertiary/aromatic N) is 1. The van der Waals surface area contributed by atoms with Crippen LogP contribution in [0.3, 0.4) is 0 Å². The van der Waals surface area contributed by atoms with E-state index in [9.17, 15) is 4.21 Å². The van der Waals surface area contributed by atoms with Crippen LogP contribution < -0.4 is 0 Å². The minimum absolute atomic E-state index is 1.16. The summed E-state index contributed by atoms with van der Waals surface area (Å²) in [5, 5.41) is 0. The second kappa shape index (κ2) is 5.57. The van der Waals surface area contributed by atoms with Crippen molar-refractivity contribution in [2.75, 3.05) is 12.5 Å². The zero-order valence-electron chi connectivity index (χ0n) is 9.89. The maximum Gasteiger partial charge on any atom is 0.140 e. The van der Waals surface area contributed by atoms with E-state index >= 15 is 0 Å². The predicted octanol–water partition coefficient (Wildman–Crippen LogP) is 2.72. The molecule has 4 heteroatoms. The van der Waals surface area contributed by atoms with Crippen LogP contribution in [0.25, 0.3) is 0 Å². The second-order valence-electron chi connectivity index (χ2n) is 3.85. The fourth-order valence-corrected chi connectivity index (χ4v) is 3.94. The van der Waals surface area contributed by atoms with E-state index in [1.54, 1.807) is 12.5 Å². The Morgan fingerprint density at radius 2 is 1.57 bits per heavy atom. The third kappa shape index (κ3) is 4.82. The summed E-state index contributed by atoms with van der Waals surface area (Å²) < 4.78 is 15.2. The Balaban J connectivity index is 4.86. The van der Waals surface area contributed by atoms with Gasteiger partial charge in [-0.15, -0.1) is 9.91 Å². The van der Waals surface area contributed by atoms with Crippen molar-refractivity contribution in [2.24, 2.45) is 4.36 Å². The molecule has 0 amide bonds. The van der Waals surface area contributed by atoms with E-state index in [0.717, 1.165) is 18.1 Å². The molecule has 0 saturated heterocycles. The lowest BCUT2D eigenvalue weighted by Crippen LogP contribution is -2.29. The zero-order chi connectivity index (χ0) is 11.2. The lowest BCUT2D eigenvalue weighted by molar-refractivity contribution is 0.685. The fourth-order valence-electron chi connectivity index (χ4n) is 1.27. The van der Waals surface area contributed by atoms with Gasteiger partial charge in [0.2, 0.25) is 0 Å². The van der Waals surface area contributed by atoms with Gasteiger partial charge in [-0.3, -0.25) is 0 Å². The molecule has 82 valence electrons. The Bertz CT molecular complexity index is 325. The first-order valence-corrected chi connectivity index (χ1v) is 10.0. The Kier molecular flexibility index (Phi) is 5.46. The van der Waals surface area contributed by atoms with Gasteiger partial charge < -0.3 is 0 Å². The Hall–Kier alpha value is -0.273. The van der Waals surface area contributed by atoms with Crippen molar-refractivity contribution in [3.8, 4) is 11.6 Å². The summed E-state index contributed by atoms with van der Waals surface area (Å²) in [7, 11) is -3.45. The predicted molar refractivity (Wildman–Crippen MR) is 67.4 cm³/mol. The Labute approximate surface area is 89.7 Å². The highest BCUT2D eigenvalue weighted by atomic mass is 32.2. The number of rotatable bonds is 3. The molecule has 0 aliphatic carbocycles. The summed E-state index contributed by atoms with van der Waals surface area (Å²) in [6.07, 6.45) is 3.24. The molecular formula is C10H21NOSSi. The molecule has 0 saturated carbocycles. The molecule has 2 nitrogen and oxygen atoms in total. The molecule has 0 spiro atoms. The van der Waals surface area contributed by atoms with Crippen molar-refractivity contribution in [2.45, 2.75) is 38.9 Å². The van der Waals surface area contributed by atoms with Crippen molar-refractivity contribution in [1.29, 1.82) is 0 Å². The molecule has 0 radical (unpaired) electrons. The molecule has 0 aromatic rings. The molecule has 0 fully saturated rings. The molecule has 0 aliphatic rings. The minimum Gasteiger partial charge on any atom is -0.249 e. The van der Waals surface area contributed by atoms with E-state index in [-0.39, 0.29) is 0 Å². The van der Waals surface area contributed by atoms with Crippen LogP contribution in [0.1, 0.15) is 20.8 Å². The van der Waals surface area contributed by atoms with Crippen LogP contribution in [0.2, 0.25) is 18.1 Å². The van der Waals surface area contributed by atoms with Crippen LogP contribution in [-0.4, -0.2) is 24.8 Å². The molecule has 0 atom stereocenters. The SMILES string of the molecule is CC[Si](C#CN=S(C)(C)=O)(CC)CC. The quantitative estimate of drug-likeness (QED) is 0.542. The first-order valence-electron chi connectivity index (χ1n) is 5.07. The molecule has 14 heavy (non-hydrogen) atoms. The monoisotopic (exact) mass is 231 g/mol. The highest BCUT2D eigenvalue weighted by Gasteiger charge is 2.24. The fraction of sp³-hybridized carbons (Fsp3) is 0.800. The van der Waals surface area contributed by atoms with Crippen molar-refractivity contribution in [1.82, 2.24) is 0 Å². The highest BCUT2D eigenvalue weighted by molar-refractivity contribution is 7.92. The van der Waals surface area contributed by atoms with Gasteiger partial charge in [0.15, 0.2) is 0 Å². The van der Waals surface area contributed by atoms with E-state index in [4.69, 9.17) is 0 Å². The molecule has 0 bridgehead atoms. The zero-order valence-corrected chi connectivity index (χ0v) is 11.7. The standard InChI is InChI=1S/C10H21NOSSi/c1-6-14(7-2,8-3)10-9-11-13(4,5)12/h6-8H2,1-5H3. The van der Waals surface area contributed by atoms with Crippen LogP contribution in [0, 0.1) is 11.6 Å². The van der Waals surface area contributed by atoms with Crippen molar-refractivity contribution in [3.05, 3.63) is 0 Å². The van der Waals surface area contributed by atoms with Crippen LogP contribution >= 0.6 is 0 Å². The average Bonchev–Trinajstić information content (AvgIpc) is 2.11. The van der Waals surface area contributed by atoms with Gasteiger partial charge in [0.05, 0.1) is 9.73 Å². The van der Waals surface area contributed by atoms with Crippen LogP contribution in [0.5, 0.6) is 0 Å². The van der Waals surface area contributed by atoms with E-state index in [1.807, 2.05) is 0 Å². The van der Waals surface area contributed by atoms with Crippen molar-refractivity contribution < 1.29 is 4.21 Å². The molecule has 0 heterocycles. The maximum absolute atomic E-state index is 11.3. The summed E-state index contributed by atoms with van der Waals surface area (Å²) in [6, 6.07) is 6.27. The molecule has 0 N–H and O–H groups in total. The lowest BCUT2D eigenvalue weighted by Gasteiger charge is -2.19. The minimum atomic E-state index is -2.05. The summed E-state index contributed by atoms with van der Waals surface area (Å²) in [5.41, 5.74) is 3.28. The maximum atomic E-state index is 11.3. The smallest absolute Gasteiger partial charge is 0.140 e. The highest BCUT2D eigenvalue weighted by Crippen LogP contribution is 2.18. The van der Waals surface area contributed by atoms with Crippen LogP contribution in [0.15, 0.2) is 4.36 Å². The van der Waals surface area contributed by atoms with E-state index < -0.39 is 17.8 Å². The number of hydrogen-bond donors (Lipinski definition) is 0. The second-order valence-corrected chi connectivity index (χ2v) is 11.3. The van der Waals surface area contributed by atoms with Crippen molar-refractivity contribution >= 4 is 17.8 Å². The Morgan fingerprint density at radius 1 is 1.14 bits per heavy atom. The average molecular weight is 231 g/mol. The molecule has 0 aromatic heterocycles. The Morgan fingerprint density at radius 3 is 1.86 bits per heavy atom. The molecule has 0 rings (SSSR count).